The van der Waals surface area contributed by atoms with Crippen LogP contribution in [0.1, 0.15) is 78.5 Å². The Kier molecular flexibility index (Phi) is 8.36. The van der Waals surface area contributed by atoms with Gasteiger partial charge in [-0.3, -0.25) is 9.59 Å². The summed E-state index contributed by atoms with van der Waals surface area (Å²) in [5, 5.41) is 3.17. The van der Waals surface area contributed by atoms with Crippen molar-refractivity contribution in [1.29, 1.82) is 0 Å². The number of carbonyl (C=O) groups excluding carboxylic acids is 2. The van der Waals surface area contributed by atoms with Gasteiger partial charge in [0.05, 0.1) is 6.04 Å². The van der Waals surface area contributed by atoms with Crippen LogP contribution in [0.3, 0.4) is 0 Å². The van der Waals surface area contributed by atoms with Gasteiger partial charge in [0.15, 0.2) is 0 Å². The number of allylic oxidation sites excluding steroid dienone is 2. The standard InChI is InChI=1S/C34H35FN2O2/c1-24(26-11-5-2-6-12-26)37(34(39)28-13-7-3-8-14-28)32(33(38)36-31-15-9-4-10-16-31)22-25-17-18-27-19-20-30(35)23-29(27)21-25/h2-3,5-8,11-15,19-21,23-24,32H,4,9-10,16-18,22H2,1H3,(H,36,38)/t24-,32?/m1/s1. The van der Waals surface area contributed by atoms with E-state index >= 15 is 0 Å². The number of hydrogen-bond acceptors (Lipinski definition) is 2. The minimum absolute atomic E-state index is 0.179. The van der Waals surface area contributed by atoms with Gasteiger partial charge in [-0.05, 0) is 92.8 Å². The fourth-order valence-electron chi connectivity index (χ4n) is 5.64. The molecule has 3 aromatic carbocycles. The van der Waals surface area contributed by atoms with Crippen molar-refractivity contribution in [3.8, 4) is 0 Å². The molecule has 0 bridgehead atoms. The van der Waals surface area contributed by atoms with Gasteiger partial charge < -0.3 is 10.2 Å². The lowest BCUT2D eigenvalue weighted by Gasteiger charge is -2.37. The van der Waals surface area contributed by atoms with Gasteiger partial charge in [0, 0.05) is 11.3 Å². The molecule has 200 valence electrons. The number of rotatable bonds is 8. The quantitative estimate of drug-likeness (QED) is 0.335. The van der Waals surface area contributed by atoms with E-state index in [1.54, 1.807) is 23.1 Å². The second-order valence-electron chi connectivity index (χ2n) is 10.5. The summed E-state index contributed by atoms with van der Waals surface area (Å²) in [6.45, 7) is 1.98. The zero-order valence-electron chi connectivity index (χ0n) is 22.4. The molecule has 0 aromatic heterocycles. The minimum atomic E-state index is -0.739. The summed E-state index contributed by atoms with van der Waals surface area (Å²) in [7, 11) is 0. The van der Waals surface area contributed by atoms with E-state index in [2.05, 4.69) is 11.4 Å². The number of nitrogens with zero attached hydrogens (tertiary/aromatic N) is 1. The van der Waals surface area contributed by atoms with Crippen molar-refractivity contribution in [2.24, 2.45) is 0 Å². The molecule has 0 aliphatic heterocycles. The number of halogens is 1. The highest BCUT2D eigenvalue weighted by atomic mass is 19.1. The van der Waals surface area contributed by atoms with Gasteiger partial charge in [0.25, 0.3) is 5.91 Å². The SMILES string of the molecule is C[C@H](c1ccccc1)N(C(=O)c1ccccc1)C(CC1=Cc2cc(F)ccc2CC1)C(=O)NC1=CCCCC1. The fraction of sp³-hybridized carbons (Fsp3) is 0.294. The maximum atomic E-state index is 14.1. The van der Waals surface area contributed by atoms with Crippen molar-refractivity contribution >= 4 is 17.9 Å². The lowest BCUT2D eigenvalue weighted by molar-refractivity contribution is -0.125. The van der Waals surface area contributed by atoms with E-state index in [0.717, 1.165) is 66.5 Å². The number of hydrogen-bond donors (Lipinski definition) is 1. The Hall–Kier alpha value is -3.99. The number of fused-ring (bicyclic) bond motifs is 1. The van der Waals surface area contributed by atoms with E-state index < -0.39 is 6.04 Å². The summed E-state index contributed by atoms with van der Waals surface area (Å²) in [5.74, 6) is -0.642. The van der Waals surface area contributed by atoms with Crippen molar-refractivity contribution in [2.75, 3.05) is 0 Å². The normalized spacial score (nSPS) is 16.3. The molecule has 0 radical (unpaired) electrons. The molecule has 2 aliphatic carbocycles. The molecule has 2 atom stereocenters. The predicted molar refractivity (Wildman–Crippen MR) is 153 cm³/mol. The molecule has 5 rings (SSSR count). The van der Waals surface area contributed by atoms with E-state index in [-0.39, 0.29) is 23.7 Å². The lowest BCUT2D eigenvalue weighted by Crippen LogP contribution is -2.50. The smallest absolute Gasteiger partial charge is 0.255 e. The summed E-state index contributed by atoms with van der Waals surface area (Å²) in [6.07, 6.45) is 9.95. The maximum Gasteiger partial charge on any atom is 0.255 e. The second-order valence-corrected chi connectivity index (χ2v) is 10.5. The molecule has 2 amide bonds. The number of aryl methyl sites for hydroxylation is 1. The average Bonchev–Trinajstić information content (AvgIpc) is 2.97. The Labute approximate surface area is 230 Å². The first-order valence-electron chi connectivity index (χ1n) is 13.9. The molecule has 39 heavy (non-hydrogen) atoms. The van der Waals surface area contributed by atoms with E-state index in [1.165, 1.54) is 6.07 Å². The summed E-state index contributed by atoms with van der Waals surface area (Å²) in [4.78, 5) is 30.0. The summed E-state index contributed by atoms with van der Waals surface area (Å²) in [5.41, 5.74) is 5.42. The Morgan fingerprint density at radius 1 is 0.923 bits per heavy atom. The van der Waals surface area contributed by atoms with Gasteiger partial charge in [-0.25, -0.2) is 4.39 Å². The molecule has 1 unspecified atom stereocenters. The third kappa shape index (κ3) is 6.36. The van der Waals surface area contributed by atoms with Crippen LogP contribution in [0.15, 0.2) is 96.2 Å². The van der Waals surface area contributed by atoms with Gasteiger partial charge >= 0.3 is 0 Å². The molecule has 0 spiro atoms. The molecule has 0 saturated carbocycles. The van der Waals surface area contributed by atoms with Gasteiger partial charge in [0.1, 0.15) is 11.9 Å². The largest absolute Gasteiger partial charge is 0.328 e. The van der Waals surface area contributed by atoms with Crippen LogP contribution in [-0.2, 0) is 11.2 Å². The fourth-order valence-corrected chi connectivity index (χ4v) is 5.64. The lowest BCUT2D eigenvalue weighted by atomic mass is 9.88. The topological polar surface area (TPSA) is 49.4 Å². The Morgan fingerprint density at radius 2 is 1.67 bits per heavy atom. The average molecular weight is 523 g/mol. The summed E-state index contributed by atoms with van der Waals surface area (Å²) < 4.78 is 14.0. The minimum Gasteiger partial charge on any atom is -0.328 e. The van der Waals surface area contributed by atoms with Gasteiger partial charge in [0.2, 0.25) is 5.91 Å². The Balaban J connectivity index is 1.55. The summed E-state index contributed by atoms with van der Waals surface area (Å²) in [6, 6.07) is 22.8. The number of nitrogens with one attached hydrogen (secondary N) is 1. The first-order chi connectivity index (χ1) is 19.0. The third-order valence-corrected chi connectivity index (χ3v) is 7.81. The van der Waals surface area contributed by atoms with E-state index in [4.69, 9.17) is 0 Å². The first-order valence-corrected chi connectivity index (χ1v) is 13.9. The molecule has 0 fully saturated rings. The Bertz CT molecular complexity index is 1380. The number of benzene rings is 3. The first kappa shape index (κ1) is 26.6. The highest BCUT2D eigenvalue weighted by Crippen LogP contribution is 2.32. The molecule has 3 aromatic rings. The number of carbonyl (C=O) groups is 2. The molecular weight excluding hydrogens is 487 g/mol. The van der Waals surface area contributed by atoms with Crippen LogP contribution in [0.4, 0.5) is 4.39 Å². The second kappa shape index (κ2) is 12.2. The van der Waals surface area contributed by atoms with Crippen LogP contribution >= 0.6 is 0 Å². The predicted octanol–water partition coefficient (Wildman–Crippen LogP) is 7.39. The highest BCUT2D eigenvalue weighted by Gasteiger charge is 2.36. The molecule has 4 nitrogen and oxygen atoms in total. The summed E-state index contributed by atoms with van der Waals surface area (Å²) >= 11 is 0. The highest BCUT2D eigenvalue weighted by molar-refractivity contribution is 5.98. The molecule has 2 aliphatic rings. The van der Waals surface area contributed by atoms with Crippen molar-refractivity contribution in [3.05, 3.63) is 124 Å². The van der Waals surface area contributed by atoms with Crippen molar-refractivity contribution in [2.45, 2.75) is 64.0 Å². The molecule has 0 heterocycles. The molecular formula is C34H35FN2O2. The van der Waals surface area contributed by atoms with E-state index in [9.17, 15) is 14.0 Å². The molecule has 5 heteroatoms. The monoisotopic (exact) mass is 522 g/mol. The van der Waals surface area contributed by atoms with Crippen LogP contribution in [0, 0.1) is 5.82 Å². The Morgan fingerprint density at radius 3 is 2.38 bits per heavy atom. The van der Waals surface area contributed by atoms with Crippen molar-refractivity contribution in [3.63, 3.8) is 0 Å². The van der Waals surface area contributed by atoms with E-state index in [1.807, 2.05) is 67.6 Å². The number of amides is 2. The van der Waals surface area contributed by atoms with Crippen LogP contribution in [0.5, 0.6) is 0 Å². The molecule has 1 N–H and O–H groups in total. The molecule has 0 saturated heterocycles. The van der Waals surface area contributed by atoms with Crippen molar-refractivity contribution < 1.29 is 14.0 Å². The van der Waals surface area contributed by atoms with Crippen LogP contribution < -0.4 is 5.32 Å². The van der Waals surface area contributed by atoms with Crippen LogP contribution in [0.25, 0.3) is 6.08 Å². The maximum absolute atomic E-state index is 14.1. The van der Waals surface area contributed by atoms with Crippen LogP contribution in [0.2, 0.25) is 0 Å². The van der Waals surface area contributed by atoms with Crippen molar-refractivity contribution in [1.82, 2.24) is 10.2 Å². The van der Waals surface area contributed by atoms with Crippen LogP contribution in [-0.4, -0.2) is 22.8 Å². The zero-order valence-corrected chi connectivity index (χ0v) is 22.4. The zero-order chi connectivity index (χ0) is 27.2. The third-order valence-electron chi connectivity index (χ3n) is 7.81. The van der Waals surface area contributed by atoms with Gasteiger partial charge in [-0.15, -0.1) is 0 Å². The van der Waals surface area contributed by atoms with Gasteiger partial charge in [-0.1, -0.05) is 72.3 Å². The van der Waals surface area contributed by atoms with Gasteiger partial charge in [-0.2, -0.15) is 0 Å². The van der Waals surface area contributed by atoms with E-state index in [0.29, 0.717) is 12.0 Å².